The predicted octanol–water partition coefficient (Wildman–Crippen LogP) is 5.51. The second-order valence-corrected chi connectivity index (χ2v) is 8.79. The summed E-state index contributed by atoms with van der Waals surface area (Å²) >= 11 is 0. The highest BCUT2D eigenvalue weighted by atomic mass is 16.6. The van der Waals surface area contributed by atoms with E-state index in [0.717, 1.165) is 22.3 Å². The Hall–Kier alpha value is -3.80. The number of aromatic hydroxyl groups is 2. The van der Waals surface area contributed by atoms with E-state index in [2.05, 4.69) is 0 Å². The Morgan fingerprint density at radius 2 is 1.26 bits per heavy atom. The first-order valence-electron chi connectivity index (χ1n) is 12.0. The number of hydrogen-bond acceptors (Lipinski definition) is 5. The van der Waals surface area contributed by atoms with Crippen LogP contribution in [0.3, 0.4) is 0 Å². The Morgan fingerprint density at radius 3 is 1.69 bits per heavy atom. The number of phenols is 2. The van der Waals surface area contributed by atoms with Crippen molar-refractivity contribution in [2.75, 3.05) is 0 Å². The van der Waals surface area contributed by atoms with Crippen LogP contribution < -0.4 is 0 Å². The molecule has 0 unspecified atom stereocenters. The molecule has 182 valence electrons. The summed E-state index contributed by atoms with van der Waals surface area (Å²) in [5, 5.41) is 32.6. The van der Waals surface area contributed by atoms with E-state index < -0.39 is 17.5 Å². The molecule has 0 atom stereocenters. The van der Waals surface area contributed by atoms with Crippen LogP contribution in [0, 0.1) is 0 Å². The van der Waals surface area contributed by atoms with Gasteiger partial charge >= 0.3 is 11.9 Å². The Morgan fingerprint density at radius 1 is 0.800 bits per heavy atom. The molecule has 35 heavy (non-hydrogen) atoms. The average Bonchev–Trinajstić information content (AvgIpc) is 3.16. The third-order valence-electron chi connectivity index (χ3n) is 7.03. The van der Waals surface area contributed by atoms with Gasteiger partial charge in [-0.25, -0.2) is 9.59 Å². The lowest BCUT2D eigenvalue weighted by molar-refractivity contribution is 0.0233. The zero-order chi connectivity index (χ0) is 25.5. The summed E-state index contributed by atoms with van der Waals surface area (Å²) in [5.74, 6) is -2.20. The molecule has 3 aromatic rings. The largest absolute Gasteiger partial charge is 0.507 e. The lowest BCUT2D eigenvalue weighted by Crippen LogP contribution is -2.32. The fourth-order valence-corrected chi connectivity index (χ4v) is 5.28. The van der Waals surface area contributed by atoms with Gasteiger partial charge in [-0.15, -0.1) is 0 Å². The smallest absolute Gasteiger partial charge is 0.340 e. The van der Waals surface area contributed by atoms with E-state index in [1.165, 1.54) is 18.2 Å². The number of carbonyl (C=O) groups excluding carboxylic acids is 1. The zero-order valence-corrected chi connectivity index (χ0v) is 20.4. The average molecular weight is 475 g/mol. The monoisotopic (exact) mass is 474 g/mol. The van der Waals surface area contributed by atoms with Gasteiger partial charge in [-0.3, -0.25) is 0 Å². The van der Waals surface area contributed by atoms with E-state index in [1.807, 2.05) is 27.7 Å². The minimum Gasteiger partial charge on any atom is -0.507 e. The van der Waals surface area contributed by atoms with Crippen molar-refractivity contribution >= 4 is 11.9 Å². The fraction of sp³-hybridized carbons (Fsp3) is 0.310. The van der Waals surface area contributed by atoms with Crippen LogP contribution in [0.1, 0.15) is 87.4 Å². The second-order valence-electron chi connectivity index (χ2n) is 8.79. The number of ether oxygens (including phenoxy) is 1. The molecule has 0 fully saturated rings. The number of aromatic carboxylic acids is 1. The highest BCUT2D eigenvalue weighted by molar-refractivity contribution is 6.02. The number of aryl methyl sites for hydroxylation is 4. The lowest BCUT2D eigenvalue weighted by atomic mass is 9.75. The number of esters is 1. The van der Waals surface area contributed by atoms with Crippen molar-refractivity contribution in [1.29, 1.82) is 0 Å². The van der Waals surface area contributed by atoms with Crippen LogP contribution >= 0.6 is 0 Å². The molecule has 6 nitrogen and oxygen atoms in total. The number of fused-ring (bicyclic) bond motifs is 1. The first-order chi connectivity index (χ1) is 16.7. The molecule has 0 saturated heterocycles. The SMILES string of the molecule is CCc1cc(O)c(C2(c3cc(CC)c(CC)cc3O)OC(=O)c3cccc(C(=O)O)c32)cc1CC. The third-order valence-corrected chi connectivity index (χ3v) is 7.03. The summed E-state index contributed by atoms with van der Waals surface area (Å²) in [7, 11) is 0. The summed E-state index contributed by atoms with van der Waals surface area (Å²) in [5.41, 5.74) is 2.49. The van der Waals surface area contributed by atoms with E-state index in [-0.39, 0.29) is 39.3 Å². The maximum Gasteiger partial charge on any atom is 0.340 e. The van der Waals surface area contributed by atoms with Crippen molar-refractivity contribution in [3.8, 4) is 11.5 Å². The molecule has 6 heteroatoms. The predicted molar refractivity (Wildman–Crippen MR) is 132 cm³/mol. The van der Waals surface area contributed by atoms with Crippen LogP contribution in [0.25, 0.3) is 0 Å². The Kier molecular flexibility index (Phi) is 6.32. The van der Waals surface area contributed by atoms with E-state index in [0.29, 0.717) is 25.7 Å². The molecule has 3 aromatic carbocycles. The standard InChI is InChI=1S/C29H30O6/c1-5-16-12-22(24(30)14-18(16)7-3)29(23-13-17(6-2)19(8-4)15-25(23)31)26-20(27(32)33)10-9-11-21(26)28(34)35-29/h9-15,30-31H,5-8H2,1-4H3,(H,32,33). The number of carboxylic acids is 1. The number of rotatable bonds is 7. The minimum atomic E-state index is -1.83. The van der Waals surface area contributed by atoms with Crippen LogP contribution in [-0.4, -0.2) is 27.3 Å². The second kappa shape index (κ2) is 9.10. The highest BCUT2D eigenvalue weighted by Crippen LogP contribution is 2.54. The van der Waals surface area contributed by atoms with Crippen LogP contribution in [0.2, 0.25) is 0 Å². The van der Waals surface area contributed by atoms with E-state index in [1.54, 1.807) is 24.3 Å². The van der Waals surface area contributed by atoms with Gasteiger partial charge < -0.3 is 20.1 Å². The van der Waals surface area contributed by atoms with Crippen molar-refractivity contribution in [2.24, 2.45) is 0 Å². The van der Waals surface area contributed by atoms with Crippen molar-refractivity contribution < 1.29 is 29.6 Å². The molecule has 1 heterocycles. The molecule has 0 spiro atoms. The maximum atomic E-state index is 13.2. The van der Waals surface area contributed by atoms with Crippen LogP contribution in [-0.2, 0) is 36.0 Å². The normalized spacial score (nSPS) is 14.0. The van der Waals surface area contributed by atoms with Gasteiger partial charge in [0, 0.05) is 16.7 Å². The molecule has 3 N–H and O–H groups in total. The number of benzene rings is 3. The first kappa shape index (κ1) is 24.3. The molecule has 0 bridgehead atoms. The van der Waals surface area contributed by atoms with Crippen LogP contribution in [0.5, 0.6) is 11.5 Å². The molecule has 0 amide bonds. The molecular weight excluding hydrogens is 444 g/mol. The topological polar surface area (TPSA) is 104 Å². The first-order valence-corrected chi connectivity index (χ1v) is 12.0. The van der Waals surface area contributed by atoms with Crippen LogP contribution in [0.4, 0.5) is 0 Å². The van der Waals surface area contributed by atoms with Crippen molar-refractivity contribution in [3.05, 3.63) is 92.5 Å². The number of hydrogen-bond donors (Lipinski definition) is 3. The minimum absolute atomic E-state index is 0.0962. The fourth-order valence-electron chi connectivity index (χ4n) is 5.28. The molecular formula is C29H30O6. The molecule has 0 radical (unpaired) electrons. The zero-order valence-electron chi connectivity index (χ0n) is 20.4. The highest BCUT2D eigenvalue weighted by Gasteiger charge is 2.53. The van der Waals surface area contributed by atoms with E-state index in [4.69, 9.17) is 4.74 Å². The van der Waals surface area contributed by atoms with Gasteiger partial charge in [0.2, 0.25) is 0 Å². The van der Waals surface area contributed by atoms with E-state index in [9.17, 15) is 24.9 Å². The van der Waals surface area contributed by atoms with Gasteiger partial charge in [0.1, 0.15) is 11.5 Å². The summed E-state index contributed by atoms with van der Waals surface area (Å²) in [6.07, 6.45) is 2.71. The Balaban J connectivity index is 2.21. The molecule has 0 aliphatic carbocycles. The Bertz CT molecular complexity index is 1280. The maximum absolute atomic E-state index is 13.2. The van der Waals surface area contributed by atoms with Gasteiger partial charge in [-0.1, -0.05) is 33.8 Å². The van der Waals surface area contributed by atoms with E-state index >= 15 is 0 Å². The van der Waals surface area contributed by atoms with Crippen molar-refractivity contribution in [1.82, 2.24) is 0 Å². The Labute approximate surface area is 204 Å². The van der Waals surface area contributed by atoms with Gasteiger partial charge in [0.05, 0.1) is 11.1 Å². The third kappa shape index (κ3) is 3.64. The summed E-state index contributed by atoms with van der Waals surface area (Å²) in [6, 6.07) is 11.2. The molecule has 1 aliphatic heterocycles. The van der Waals surface area contributed by atoms with Gasteiger partial charge in [-0.2, -0.15) is 0 Å². The quantitative estimate of drug-likeness (QED) is 0.390. The van der Waals surface area contributed by atoms with Gasteiger partial charge in [-0.05, 0) is 84.3 Å². The van der Waals surface area contributed by atoms with Crippen LogP contribution in [0.15, 0.2) is 42.5 Å². The molecule has 1 aliphatic rings. The number of cyclic esters (lactones) is 1. The van der Waals surface area contributed by atoms with Crippen molar-refractivity contribution in [3.63, 3.8) is 0 Å². The number of carboxylic acid groups (broad SMARTS) is 1. The van der Waals surface area contributed by atoms with Crippen molar-refractivity contribution in [2.45, 2.75) is 59.0 Å². The lowest BCUT2D eigenvalue weighted by Gasteiger charge is -2.33. The molecule has 0 saturated carbocycles. The number of carbonyl (C=O) groups is 2. The van der Waals surface area contributed by atoms with Gasteiger partial charge in [0.15, 0.2) is 5.60 Å². The molecule has 0 aromatic heterocycles. The summed E-state index contributed by atoms with van der Waals surface area (Å²) < 4.78 is 6.07. The number of phenolic OH excluding ortho intramolecular Hbond substituents is 2. The van der Waals surface area contributed by atoms with Gasteiger partial charge in [0.25, 0.3) is 0 Å². The summed E-state index contributed by atoms with van der Waals surface area (Å²) in [4.78, 5) is 25.5. The summed E-state index contributed by atoms with van der Waals surface area (Å²) in [6.45, 7) is 7.95. The molecule has 4 rings (SSSR count).